The highest BCUT2D eigenvalue weighted by Gasteiger charge is 2.14. The Labute approximate surface area is 524 Å². The molecule has 1 heteroatoms. The Balaban J connectivity index is 0.000000474. The Hall–Kier alpha value is -6.83. The Kier molecular flexibility index (Phi) is 29.2. The fourth-order valence-corrected chi connectivity index (χ4v) is 12.1. The highest BCUT2D eigenvalue weighted by Crippen LogP contribution is 2.30. The van der Waals surface area contributed by atoms with Gasteiger partial charge in [-0.25, -0.2) is 0 Å². The second-order valence-electron chi connectivity index (χ2n) is 24.8. The molecule has 1 heterocycles. The maximum atomic E-state index is 5.28. The van der Waals surface area contributed by atoms with Crippen molar-refractivity contribution in [2.24, 2.45) is 0 Å². The van der Waals surface area contributed by atoms with Gasteiger partial charge in [-0.15, -0.1) is 0 Å². The highest BCUT2D eigenvalue weighted by molar-refractivity contribution is 5.66. The lowest BCUT2D eigenvalue weighted by atomic mass is 9.91. The first-order valence-corrected chi connectivity index (χ1v) is 34.1. The average molecular weight is 1140 g/mol. The fraction of sp³-hybridized carbons (Fsp3) is 0.400. The third kappa shape index (κ3) is 22.8. The number of aromatic nitrogens is 1. The molecule has 0 fully saturated rings. The van der Waals surface area contributed by atoms with Crippen LogP contribution in [0.5, 0.6) is 0 Å². The van der Waals surface area contributed by atoms with E-state index in [0.717, 1.165) is 87.5 Å². The minimum absolute atomic E-state index is 1.00. The Bertz CT molecular complexity index is 3050. The molecule has 1 aliphatic rings. The molecule has 6 aromatic carbocycles. The van der Waals surface area contributed by atoms with Crippen LogP contribution in [0.4, 0.5) is 0 Å². The summed E-state index contributed by atoms with van der Waals surface area (Å²) >= 11 is 0. The average Bonchev–Trinajstić information content (AvgIpc) is 3.41. The molecule has 0 N–H and O–H groups in total. The van der Waals surface area contributed by atoms with Gasteiger partial charge in [0.05, 0.1) is 0 Å². The zero-order valence-corrected chi connectivity index (χ0v) is 54.4. The van der Waals surface area contributed by atoms with Crippen molar-refractivity contribution in [1.29, 1.82) is 0 Å². The van der Waals surface area contributed by atoms with Gasteiger partial charge in [-0.3, -0.25) is 4.98 Å². The van der Waals surface area contributed by atoms with Crippen LogP contribution in [0.1, 0.15) is 213 Å². The van der Waals surface area contributed by atoms with Crippen LogP contribution in [0.15, 0.2) is 211 Å². The van der Waals surface area contributed by atoms with Crippen molar-refractivity contribution in [1.82, 2.24) is 4.98 Å². The number of benzene rings is 6. The molecular formula is C85H107N. The summed E-state index contributed by atoms with van der Waals surface area (Å²) in [4.78, 5) is 5.28. The van der Waals surface area contributed by atoms with E-state index in [-0.39, 0.29) is 0 Å². The summed E-state index contributed by atoms with van der Waals surface area (Å²) in [7, 11) is 0. The van der Waals surface area contributed by atoms with Gasteiger partial charge in [-0.05, 0) is 230 Å². The molecule has 0 spiro atoms. The van der Waals surface area contributed by atoms with Gasteiger partial charge in [0.2, 0.25) is 0 Å². The third-order valence-electron chi connectivity index (χ3n) is 17.8. The molecule has 0 radical (unpaired) electrons. The number of unbranched alkanes of at least 4 members (excludes halogenated alkanes) is 8. The monoisotopic (exact) mass is 1140 g/mol. The van der Waals surface area contributed by atoms with Gasteiger partial charge in [-0.1, -0.05) is 280 Å². The van der Waals surface area contributed by atoms with Gasteiger partial charge in [0.25, 0.3) is 0 Å². The Morgan fingerprint density at radius 3 is 1.07 bits per heavy atom. The van der Waals surface area contributed by atoms with E-state index in [1.54, 1.807) is 5.57 Å². The second kappa shape index (κ2) is 37.7. The van der Waals surface area contributed by atoms with Crippen molar-refractivity contribution >= 4 is 0 Å². The van der Waals surface area contributed by atoms with Crippen molar-refractivity contribution in [2.45, 2.75) is 221 Å². The Morgan fingerprint density at radius 1 is 0.372 bits per heavy atom. The van der Waals surface area contributed by atoms with Crippen LogP contribution in [0, 0.1) is 6.92 Å². The summed E-state index contributed by atoms with van der Waals surface area (Å²) in [5, 5.41) is 0. The summed E-state index contributed by atoms with van der Waals surface area (Å²) in [6.07, 6.45) is 42.2. The first-order chi connectivity index (χ1) is 42.1. The molecule has 0 saturated carbocycles. The second-order valence-corrected chi connectivity index (χ2v) is 24.8. The minimum Gasteiger partial charge on any atom is -0.258 e. The molecule has 0 aliphatic heterocycles. The largest absolute Gasteiger partial charge is 0.258 e. The van der Waals surface area contributed by atoms with Crippen molar-refractivity contribution in [2.75, 3.05) is 0 Å². The maximum absolute atomic E-state index is 5.28. The lowest BCUT2D eigenvalue weighted by molar-refractivity contribution is 0.691. The van der Waals surface area contributed by atoms with Gasteiger partial charge >= 0.3 is 0 Å². The van der Waals surface area contributed by atoms with Gasteiger partial charge < -0.3 is 0 Å². The number of nitrogens with zero attached hydrogens (tertiary/aromatic N) is 1. The van der Waals surface area contributed by atoms with Crippen LogP contribution in [-0.2, 0) is 57.8 Å². The van der Waals surface area contributed by atoms with E-state index in [4.69, 9.17) is 4.98 Å². The number of allylic oxidation sites excluding steroid dienone is 8. The predicted octanol–water partition coefficient (Wildman–Crippen LogP) is 24.4. The molecule has 8 rings (SSSR count). The molecule has 86 heavy (non-hydrogen) atoms. The molecule has 1 nitrogen and oxygen atoms in total. The summed E-state index contributed by atoms with van der Waals surface area (Å²) < 4.78 is 0. The smallest absolute Gasteiger partial charge is 0.0441 e. The quantitative estimate of drug-likeness (QED) is 0.0285. The number of hydrogen-bond donors (Lipinski definition) is 0. The van der Waals surface area contributed by atoms with Crippen molar-refractivity contribution < 1.29 is 0 Å². The molecule has 0 unspecified atom stereocenters. The van der Waals surface area contributed by atoms with Crippen molar-refractivity contribution in [3.63, 3.8) is 0 Å². The van der Waals surface area contributed by atoms with E-state index in [1.165, 1.54) is 198 Å². The first kappa shape index (κ1) is 66.7. The summed E-state index contributed by atoms with van der Waals surface area (Å²) in [6.45, 7) is 21.5. The maximum Gasteiger partial charge on any atom is 0.0441 e. The van der Waals surface area contributed by atoms with E-state index in [0.29, 0.717) is 0 Å². The molecule has 0 saturated heterocycles. The van der Waals surface area contributed by atoms with Crippen LogP contribution in [0.3, 0.4) is 0 Å². The molecule has 7 aromatic rings. The number of hydrogen-bond acceptors (Lipinski definition) is 1. The molecule has 1 aromatic heterocycles. The minimum atomic E-state index is 1.00. The standard InChI is InChI=1S/C66H79N.C19H28/c1-5-8-11-17-52-26-38-58(39-27-52)61-44-32-55(33-45-61)20-14-23-64-50-51(4)67-66(25-16-22-57-36-48-63(49-37-57)60-42-30-54(31-43-60)19-13-10-7-3)65(64)24-15-21-56-34-46-62(47-35-56)59-40-28-53(29-41-59)18-12-9-6-2;1-5-7-8-9-18-12-14-19(15-13-18)17(4)11-10-16(3)6-2/h26-50H,5-25H2,1-4H3;10-12,14H,3-9,13,15H2,1-2H3/b;11-10-. The van der Waals surface area contributed by atoms with E-state index in [1.807, 2.05) is 0 Å². The molecule has 0 atom stereocenters. The zero-order chi connectivity index (χ0) is 60.6. The summed E-state index contributed by atoms with van der Waals surface area (Å²) in [6, 6.07) is 58.1. The van der Waals surface area contributed by atoms with E-state index in [2.05, 4.69) is 231 Å². The van der Waals surface area contributed by atoms with Gasteiger partial charge in [0.1, 0.15) is 0 Å². The zero-order valence-electron chi connectivity index (χ0n) is 54.4. The number of aryl methyl sites for hydroxylation is 9. The van der Waals surface area contributed by atoms with Crippen molar-refractivity contribution in [3.05, 3.63) is 267 Å². The predicted molar refractivity (Wildman–Crippen MR) is 378 cm³/mol. The molecular weight excluding hydrogens is 1030 g/mol. The summed E-state index contributed by atoms with van der Waals surface area (Å²) in [5.41, 5.74) is 27.2. The van der Waals surface area contributed by atoms with Gasteiger partial charge in [-0.2, -0.15) is 0 Å². The van der Waals surface area contributed by atoms with Crippen LogP contribution in [0.25, 0.3) is 33.4 Å². The number of rotatable bonds is 35. The molecule has 0 bridgehead atoms. The lowest BCUT2D eigenvalue weighted by Gasteiger charge is -2.17. The normalized spacial score (nSPS) is 12.2. The van der Waals surface area contributed by atoms with E-state index >= 15 is 0 Å². The van der Waals surface area contributed by atoms with E-state index in [9.17, 15) is 0 Å². The molecule has 0 amide bonds. The fourth-order valence-electron chi connectivity index (χ4n) is 12.1. The van der Waals surface area contributed by atoms with Gasteiger partial charge in [0, 0.05) is 11.4 Å². The molecule has 1 aliphatic carbocycles. The van der Waals surface area contributed by atoms with Crippen molar-refractivity contribution in [3.8, 4) is 33.4 Å². The van der Waals surface area contributed by atoms with Crippen LogP contribution >= 0.6 is 0 Å². The van der Waals surface area contributed by atoms with Crippen LogP contribution in [0.2, 0.25) is 0 Å². The molecule has 452 valence electrons. The van der Waals surface area contributed by atoms with Crippen LogP contribution < -0.4 is 0 Å². The van der Waals surface area contributed by atoms with Crippen LogP contribution in [-0.4, -0.2) is 4.98 Å². The number of pyridine rings is 1. The lowest BCUT2D eigenvalue weighted by Crippen LogP contribution is -2.07. The SMILES string of the molecule is C=C(/C=C\C(=C)C1=CC=C(CCCCC)CC1)CC.CCCCCc1ccc(-c2ccc(CCCc3cc(C)nc(CCCc4ccc(-c5ccc(CCCCC)cc5)cc4)c3CCCc3ccc(-c4ccc(CCCCC)cc4)cc3)cc2)cc1. The third-order valence-corrected chi connectivity index (χ3v) is 17.8. The summed E-state index contributed by atoms with van der Waals surface area (Å²) in [5.74, 6) is 0. The first-order valence-electron chi connectivity index (χ1n) is 34.1. The Morgan fingerprint density at radius 2 is 0.721 bits per heavy atom. The van der Waals surface area contributed by atoms with Gasteiger partial charge in [0.15, 0.2) is 0 Å². The van der Waals surface area contributed by atoms with E-state index < -0.39 is 0 Å². The highest BCUT2D eigenvalue weighted by atomic mass is 14.7. The topological polar surface area (TPSA) is 12.9 Å².